The summed E-state index contributed by atoms with van der Waals surface area (Å²) in [5.74, 6) is -0.0997. The number of thiazole rings is 1. The molecular formula is C20H13ClN2OS2. The summed E-state index contributed by atoms with van der Waals surface area (Å²) in [5.41, 5.74) is 3.63. The zero-order valence-electron chi connectivity index (χ0n) is 13.5. The van der Waals surface area contributed by atoms with Crippen LogP contribution in [0, 0.1) is 0 Å². The van der Waals surface area contributed by atoms with Gasteiger partial charge in [-0.15, -0.1) is 22.7 Å². The van der Waals surface area contributed by atoms with Crippen LogP contribution in [0.15, 0.2) is 71.4 Å². The van der Waals surface area contributed by atoms with Crippen molar-refractivity contribution < 1.29 is 4.79 Å². The third-order valence-electron chi connectivity index (χ3n) is 3.76. The molecule has 6 heteroatoms. The second-order valence-electron chi connectivity index (χ2n) is 5.56. The van der Waals surface area contributed by atoms with E-state index in [1.165, 1.54) is 11.3 Å². The van der Waals surface area contributed by atoms with E-state index >= 15 is 0 Å². The molecule has 0 saturated carbocycles. The highest BCUT2D eigenvalue weighted by atomic mass is 35.5. The van der Waals surface area contributed by atoms with Crippen molar-refractivity contribution in [3.63, 3.8) is 0 Å². The Labute approximate surface area is 163 Å². The van der Waals surface area contributed by atoms with Crippen LogP contribution < -0.4 is 5.32 Å². The number of rotatable bonds is 4. The standard InChI is InChI=1S/C20H13ClN2OS2/c21-15-8-6-13(7-9-15)20-23-17(12-26-20)14-3-1-4-16(11-14)22-19(24)18-5-2-10-25-18/h1-12H,(H,22,24). The molecule has 0 aliphatic heterocycles. The number of carbonyl (C=O) groups is 1. The molecule has 4 aromatic rings. The number of halogens is 1. The summed E-state index contributed by atoms with van der Waals surface area (Å²) < 4.78 is 0. The molecule has 0 saturated heterocycles. The van der Waals surface area contributed by atoms with Crippen LogP contribution in [-0.4, -0.2) is 10.9 Å². The van der Waals surface area contributed by atoms with Gasteiger partial charge in [-0.3, -0.25) is 4.79 Å². The number of anilines is 1. The first-order chi connectivity index (χ1) is 12.7. The quantitative estimate of drug-likeness (QED) is 0.431. The molecule has 0 aliphatic carbocycles. The Balaban J connectivity index is 1.57. The highest BCUT2D eigenvalue weighted by Crippen LogP contribution is 2.30. The number of amides is 1. The van der Waals surface area contributed by atoms with Crippen LogP contribution in [0.3, 0.4) is 0 Å². The van der Waals surface area contributed by atoms with Gasteiger partial charge in [-0.2, -0.15) is 0 Å². The van der Waals surface area contributed by atoms with Crippen molar-refractivity contribution in [2.75, 3.05) is 5.32 Å². The largest absolute Gasteiger partial charge is 0.321 e. The molecule has 0 spiro atoms. The first-order valence-corrected chi connectivity index (χ1v) is 9.99. The minimum atomic E-state index is -0.0997. The SMILES string of the molecule is O=C(Nc1cccc(-c2csc(-c3ccc(Cl)cc3)n2)c1)c1cccs1. The molecule has 1 N–H and O–H groups in total. The Morgan fingerprint density at radius 3 is 2.58 bits per heavy atom. The minimum absolute atomic E-state index is 0.0997. The first kappa shape index (κ1) is 17.0. The molecule has 0 fully saturated rings. The van der Waals surface area contributed by atoms with E-state index < -0.39 is 0 Å². The summed E-state index contributed by atoms with van der Waals surface area (Å²) in [4.78, 5) is 17.6. The number of aromatic nitrogens is 1. The molecule has 1 amide bonds. The average Bonchev–Trinajstić information content (AvgIpc) is 3.35. The van der Waals surface area contributed by atoms with Gasteiger partial charge in [0.2, 0.25) is 0 Å². The van der Waals surface area contributed by atoms with Gasteiger partial charge >= 0.3 is 0 Å². The molecule has 4 rings (SSSR count). The fourth-order valence-electron chi connectivity index (χ4n) is 2.49. The molecule has 0 unspecified atom stereocenters. The molecule has 0 radical (unpaired) electrons. The lowest BCUT2D eigenvalue weighted by molar-refractivity contribution is 0.103. The average molecular weight is 397 g/mol. The number of carbonyl (C=O) groups excluding carboxylic acids is 1. The van der Waals surface area contributed by atoms with E-state index in [-0.39, 0.29) is 5.91 Å². The van der Waals surface area contributed by atoms with E-state index in [9.17, 15) is 4.79 Å². The molecule has 2 aromatic carbocycles. The number of thiophene rings is 1. The molecule has 26 heavy (non-hydrogen) atoms. The molecule has 0 aliphatic rings. The van der Waals surface area contributed by atoms with Crippen molar-refractivity contribution in [2.45, 2.75) is 0 Å². The van der Waals surface area contributed by atoms with Crippen LogP contribution >= 0.6 is 34.3 Å². The van der Waals surface area contributed by atoms with Gasteiger partial charge in [-0.05, 0) is 35.7 Å². The molecule has 0 bridgehead atoms. The molecule has 2 heterocycles. The van der Waals surface area contributed by atoms with Gasteiger partial charge < -0.3 is 5.32 Å². The molecular weight excluding hydrogens is 384 g/mol. The van der Waals surface area contributed by atoms with Gasteiger partial charge in [0.15, 0.2) is 0 Å². The predicted molar refractivity (Wildman–Crippen MR) is 110 cm³/mol. The second-order valence-corrected chi connectivity index (χ2v) is 7.80. The molecule has 3 nitrogen and oxygen atoms in total. The Kier molecular flexibility index (Phi) is 4.84. The van der Waals surface area contributed by atoms with Crippen molar-refractivity contribution >= 4 is 45.9 Å². The van der Waals surface area contributed by atoms with E-state index in [1.54, 1.807) is 11.3 Å². The number of nitrogens with zero attached hydrogens (tertiary/aromatic N) is 1. The van der Waals surface area contributed by atoms with Crippen molar-refractivity contribution in [1.82, 2.24) is 4.98 Å². The van der Waals surface area contributed by atoms with Gasteiger partial charge in [0.05, 0.1) is 10.6 Å². The zero-order valence-corrected chi connectivity index (χ0v) is 15.9. The zero-order chi connectivity index (χ0) is 17.9. The Morgan fingerprint density at radius 2 is 1.81 bits per heavy atom. The van der Waals surface area contributed by atoms with Crippen LogP contribution in [0.2, 0.25) is 5.02 Å². The fourth-order valence-corrected chi connectivity index (χ4v) is 4.07. The van der Waals surface area contributed by atoms with Crippen LogP contribution in [-0.2, 0) is 0 Å². The van der Waals surface area contributed by atoms with Crippen molar-refractivity contribution in [1.29, 1.82) is 0 Å². The minimum Gasteiger partial charge on any atom is -0.321 e. The monoisotopic (exact) mass is 396 g/mol. The van der Waals surface area contributed by atoms with Crippen LogP contribution in [0.25, 0.3) is 21.8 Å². The lowest BCUT2D eigenvalue weighted by Gasteiger charge is -2.05. The number of benzene rings is 2. The van der Waals surface area contributed by atoms with Crippen LogP contribution in [0.4, 0.5) is 5.69 Å². The first-order valence-electron chi connectivity index (χ1n) is 7.86. The fraction of sp³-hybridized carbons (Fsp3) is 0. The van der Waals surface area contributed by atoms with E-state index in [0.717, 1.165) is 27.5 Å². The third-order valence-corrected chi connectivity index (χ3v) is 5.77. The normalized spacial score (nSPS) is 10.7. The maximum atomic E-state index is 12.2. The number of nitrogens with one attached hydrogen (secondary N) is 1. The summed E-state index contributed by atoms with van der Waals surface area (Å²) >= 11 is 8.95. The second kappa shape index (κ2) is 7.41. The molecule has 0 atom stereocenters. The Hall–Kier alpha value is -2.47. The third kappa shape index (κ3) is 3.70. The highest BCUT2D eigenvalue weighted by Gasteiger charge is 2.10. The topological polar surface area (TPSA) is 42.0 Å². The van der Waals surface area contributed by atoms with Crippen molar-refractivity contribution in [3.8, 4) is 21.8 Å². The number of hydrogen-bond acceptors (Lipinski definition) is 4. The molecule has 128 valence electrons. The number of hydrogen-bond donors (Lipinski definition) is 1. The summed E-state index contributed by atoms with van der Waals surface area (Å²) in [6, 6.07) is 19.0. The van der Waals surface area contributed by atoms with E-state index in [0.29, 0.717) is 9.90 Å². The van der Waals surface area contributed by atoms with Gasteiger partial charge in [-0.1, -0.05) is 41.9 Å². The Bertz CT molecular complexity index is 1040. The maximum absolute atomic E-state index is 12.2. The van der Waals surface area contributed by atoms with Gasteiger partial charge in [0.1, 0.15) is 5.01 Å². The van der Waals surface area contributed by atoms with Crippen LogP contribution in [0.1, 0.15) is 9.67 Å². The van der Waals surface area contributed by atoms with E-state index in [4.69, 9.17) is 16.6 Å². The summed E-state index contributed by atoms with van der Waals surface area (Å²) in [5, 5.41) is 8.48. The summed E-state index contributed by atoms with van der Waals surface area (Å²) in [6.45, 7) is 0. The van der Waals surface area contributed by atoms with Crippen molar-refractivity contribution in [2.24, 2.45) is 0 Å². The highest BCUT2D eigenvalue weighted by molar-refractivity contribution is 7.13. The molecule has 2 aromatic heterocycles. The lowest BCUT2D eigenvalue weighted by Crippen LogP contribution is -2.09. The maximum Gasteiger partial charge on any atom is 0.265 e. The summed E-state index contributed by atoms with van der Waals surface area (Å²) in [6.07, 6.45) is 0. The summed E-state index contributed by atoms with van der Waals surface area (Å²) in [7, 11) is 0. The van der Waals surface area contributed by atoms with Gasteiger partial charge in [0.25, 0.3) is 5.91 Å². The van der Waals surface area contributed by atoms with Crippen LogP contribution in [0.5, 0.6) is 0 Å². The van der Waals surface area contributed by atoms with E-state index in [2.05, 4.69) is 5.32 Å². The lowest BCUT2D eigenvalue weighted by atomic mass is 10.1. The predicted octanol–water partition coefficient (Wildman–Crippen LogP) is 6.44. The smallest absolute Gasteiger partial charge is 0.265 e. The van der Waals surface area contributed by atoms with Gasteiger partial charge in [-0.25, -0.2) is 4.98 Å². The van der Waals surface area contributed by atoms with Crippen molar-refractivity contribution in [3.05, 3.63) is 81.3 Å². The Morgan fingerprint density at radius 1 is 0.962 bits per heavy atom. The van der Waals surface area contributed by atoms with E-state index in [1.807, 2.05) is 71.4 Å². The van der Waals surface area contributed by atoms with Gasteiger partial charge in [0, 0.05) is 27.2 Å².